The first kappa shape index (κ1) is 22.6. The number of benzene rings is 2. The number of hydrogen-bond donors (Lipinski definition) is 0. The van der Waals surface area contributed by atoms with E-state index in [4.69, 9.17) is 14.4 Å². The second kappa shape index (κ2) is 10.8. The van der Waals surface area contributed by atoms with Gasteiger partial charge in [0.05, 0.1) is 24.2 Å². The molecule has 0 saturated carbocycles. The van der Waals surface area contributed by atoms with Crippen molar-refractivity contribution >= 4 is 29.8 Å². The number of hydrogen-bond acceptors (Lipinski definition) is 10. The van der Waals surface area contributed by atoms with Gasteiger partial charge in [-0.15, -0.1) is 0 Å². The molecule has 2 aromatic rings. The van der Waals surface area contributed by atoms with Gasteiger partial charge in [-0.25, -0.2) is 19.2 Å². The number of rotatable bonds is 8. The largest absolute Gasteiger partial charge is 0.447 e. The molecule has 10 heteroatoms. The Morgan fingerprint density at radius 1 is 0.750 bits per heavy atom. The SMILES string of the molecule is O=C(CC1OC(=O)C(CCOOC(=O)c2ccccc2)OC1=O)OC(=O)c1ccccc1. The number of esters is 4. The summed E-state index contributed by atoms with van der Waals surface area (Å²) in [4.78, 5) is 69.0. The quantitative estimate of drug-likeness (QED) is 0.149. The molecule has 0 aromatic heterocycles. The predicted molar refractivity (Wildman–Crippen MR) is 104 cm³/mol. The lowest BCUT2D eigenvalue weighted by molar-refractivity contribution is -0.246. The number of carbonyl (C=O) groups is 5. The van der Waals surface area contributed by atoms with Crippen LogP contribution in [0.3, 0.4) is 0 Å². The van der Waals surface area contributed by atoms with E-state index in [1.807, 2.05) is 0 Å². The van der Waals surface area contributed by atoms with E-state index in [1.54, 1.807) is 36.4 Å². The molecule has 0 N–H and O–H groups in total. The van der Waals surface area contributed by atoms with E-state index in [-0.39, 0.29) is 24.2 Å². The molecule has 1 aliphatic heterocycles. The van der Waals surface area contributed by atoms with Gasteiger partial charge in [0.15, 0.2) is 0 Å². The maximum absolute atomic E-state index is 12.0. The minimum atomic E-state index is -1.54. The summed E-state index contributed by atoms with van der Waals surface area (Å²) in [5.74, 6) is -4.55. The summed E-state index contributed by atoms with van der Waals surface area (Å²) in [5.41, 5.74) is 0.425. The third kappa shape index (κ3) is 6.22. The maximum atomic E-state index is 12.0. The zero-order valence-electron chi connectivity index (χ0n) is 16.6. The Hall–Kier alpha value is -4.05. The molecule has 1 aliphatic rings. The Bertz CT molecular complexity index is 986. The van der Waals surface area contributed by atoms with E-state index >= 15 is 0 Å². The van der Waals surface area contributed by atoms with Crippen LogP contribution in [0.1, 0.15) is 33.6 Å². The lowest BCUT2D eigenvalue weighted by Gasteiger charge is -2.26. The van der Waals surface area contributed by atoms with E-state index in [9.17, 15) is 24.0 Å². The van der Waals surface area contributed by atoms with Gasteiger partial charge >= 0.3 is 29.8 Å². The van der Waals surface area contributed by atoms with Gasteiger partial charge in [-0.1, -0.05) is 36.4 Å². The Balaban J connectivity index is 1.40. The maximum Gasteiger partial charge on any atom is 0.373 e. The molecule has 0 radical (unpaired) electrons. The van der Waals surface area contributed by atoms with Crippen LogP contribution in [0.2, 0.25) is 0 Å². The van der Waals surface area contributed by atoms with Gasteiger partial charge in [-0.2, -0.15) is 4.89 Å². The topological polar surface area (TPSA) is 132 Å². The van der Waals surface area contributed by atoms with E-state index in [0.29, 0.717) is 0 Å². The van der Waals surface area contributed by atoms with Crippen LogP contribution in [-0.4, -0.2) is 48.7 Å². The Morgan fingerprint density at radius 3 is 1.91 bits per heavy atom. The first-order valence-corrected chi connectivity index (χ1v) is 9.54. The number of ether oxygens (including phenoxy) is 3. The first-order chi connectivity index (χ1) is 15.4. The second-order valence-corrected chi connectivity index (χ2v) is 6.53. The van der Waals surface area contributed by atoms with Crippen LogP contribution < -0.4 is 0 Å². The molecule has 0 bridgehead atoms. The smallest absolute Gasteiger partial charge is 0.373 e. The summed E-state index contributed by atoms with van der Waals surface area (Å²) >= 11 is 0. The van der Waals surface area contributed by atoms with Crippen LogP contribution >= 0.6 is 0 Å². The zero-order valence-corrected chi connectivity index (χ0v) is 16.6. The van der Waals surface area contributed by atoms with Gasteiger partial charge in [-0.3, -0.25) is 9.68 Å². The molecule has 1 fully saturated rings. The molecule has 1 heterocycles. The van der Waals surface area contributed by atoms with Crippen LogP contribution in [-0.2, 0) is 38.4 Å². The Kier molecular flexibility index (Phi) is 7.65. The van der Waals surface area contributed by atoms with E-state index in [2.05, 4.69) is 9.62 Å². The summed E-state index contributed by atoms with van der Waals surface area (Å²) in [7, 11) is 0. The summed E-state index contributed by atoms with van der Waals surface area (Å²) in [6.45, 7) is -0.246. The standard InChI is InChI=1S/C22H18O10/c23-18(31-19(24)14-7-3-1-4-8-14)13-17-22(27)29-16(21(26)30-17)11-12-28-32-20(25)15-9-5-2-6-10-15/h1-10,16-17H,11-13H2. The van der Waals surface area contributed by atoms with E-state index < -0.39 is 48.5 Å². The van der Waals surface area contributed by atoms with Gasteiger partial charge in [0, 0.05) is 6.42 Å². The number of cyclic esters (lactones) is 2. The summed E-state index contributed by atoms with van der Waals surface area (Å²) in [6, 6.07) is 15.9. The Labute approximate surface area is 181 Å². The average Bonchev–Trinajstić information content (AvgIpc) is 2.80. The second-order valence-electron chi connectivity index (χ2n) is 6.53. The molecular formula is C22H18O10. The van der Waals surface area contributed by atoms with Gasteiger partial charge in [0.2, 0.25) is 12.2 Å². The van der Waals surface area contributed by atoms with E-state index in [1.165, 1.54) is 24.3 Å². The molecule has 2 atom stereocenters. The van der Waals surface area contributed by atoms with Crippen molar-refractivity contribution in [2.75, 3.05) is 6.61 Å². The minimum absolute atomic E-state index is 0.143. The molecule has 0 spiro atoms. The van der Waals surface area contributed by atoms with Crippen molar-refractivity contribution in [2.45, 2.75) is 25.0 Å². The molecule has 3 rings (SSSR count). The fraction of sp³-hybridized carbons (Fsp3) is 0.227. The minimum Gasteiger partial charge on any atom is -0.447 e. The van der Waals surface area contributed by atoms with Crippen LogP contribution in [0, 0.1) is 0 Å². The van der Waals surface area contributed by atoms with Gasteiger partial charge in [0.25, 0.3) is 0 Å². The highest BCUT2D eigenvalue weighted by atomic mass is 17.2. The highest BCUT2D eigenvalue weighted by molar-refractivity contribution is 5.98. The van der Waals surface area contributed by atoms with Crippen molar-refractivity contribution in [1.82, 2.24) is 0 Å². The van der Waals surface area contributed by atoms with Crippen LogP contribution in [0.25, 0.3) is 0 Å². The summed E-state index contributed by atoms with van der Waals surface area (Å²) in [5, 5.41) is 0. The van der Waals surface area contributed by atoms with Crippen LogP contribution in [0.4, 0.5) is 0 Å². The predicted octanol–water partition coefficient (Wildman–Crippen LogP) is 1.78. The van der Waals surface area contributed by atoms with Crippen LogP contribution in [0.5, 0.6) is 0 Å². The lowest BCUT2D eigenvalue weighted by Crippen LogP contribution is -2.45. The van der Waals surface area contributed by atoms with Crippen molar-refractivity contribution in [3.05, 3.63) is 71.8 Å². The van der Waals surface area contributed by atoms with Crippen LogP contribution in [0.15, 0.2) is 60.7 Å². The first-order valence-electron chi connectivity index (χ1n) is 9.54. The van der Waals surface area contributed by atoms with Gasteiger partial charge in [-0.05, 0) is 24.3 Å². The highest BCUT2D eigenvalue weighted by Gasteiger charge is 2.39. The molecule has 0 amide bonds. The molecule has 10 nitrogen and oxygen atoms in total. The van der Waals surface area contributed by atoms with Crippen molar-refractivity contribution in [3.8, 4) is 0 Å². The normalized spacial score (nSPS) is 17.6. The third-order valence-corrected chi connectivity index (χ3v) is 4.22. The fourth-order valence-corrected chi connectivity index (χ4v) is 2.63. The molecule has 32 heavy (non-hydrogen) atoms. The Morgan fingerprint density at radius 2 is 1.28 bits per heavy atom. The van der Waals surface area contributed by atoms with Crippen molar-refractivity contribution < 1.29 is 48.0 Å². The van der Waals surface area contributed by atoms with Crippen molar-refractivity contribution in [1.29, 1.82) is 0 Å². The molecule has 2 unspecified atom stereocenters. The summed E-state index contributed by atoms with van der Waals surface area (Å²) in [6.07, 6.45) is -3.65. The molecule has 2 aromatic carbocycles. The van der Waals surface area contributed by atoms with Gasteiger partial charge < -0.3 is 14.2 Å². The molecule has 0 aliphatic carbocycles. The molecule has 166 valence electrons. The monoisotopic (exact) mass is 442 g/mol. The summed E-state index contributed by atoms with van der Waals surface area (Å²) < 4.78 is 14.5. The zero-order chi connectivity index (χ0) is 22.9. The highest BCUT2D eigenvalue weighted by Crippen LogP contribution is 2.17. The fourth-order valence-electron chi connectivity index (χ4n) is 2.63. The third-order valence-electron chi connectivity index (χ3n) is 4.22. The van der Waals surface area contributed by atoms with E-state index in [0.717, 1.165) is 0 Å². The van der Waals surface area contributed by atoms with Gasteiger partial charge in [0.1, 0.15) is 0 Å². The van der Waals surface area contributed by atoms with Crippen molar-refractivity contribution in [2.24, 2.45) is 0 Å². The number of carbonyl (C=O) groups excluding carboxylic acids is 5. The molecular weight excluding hydrogens is 424 g/mol. The molecule has 1 saturated heterocycles. The van der Waals surface area contributed by atoms with Crippen molar-refractivity contribution in [3.63, 3.8) is 0 Å². The average molecular weight is 442 g/mol. The lowest BCUT2D eigenvalue weighted by atomic mass is 10.2.